The molecule has 0 N–H and O–H groups in total. The maximum atomic E-state index is 12.8. The summed E-state index contributed by atoms with van der Waals surface area (Å²) in [6, 6.07) is 16.1. The topological polar surface area (TPSA) is 72.2 Å². The van der Waals surface area contributed by atoms with E-state index in [4.69, 9.17) is 5.26 Å². The molecule has 3 aromatic rings. The van der Waals surface area contributed by atoms with Gasteiger partial charge in [0.2, 0.25) is 0 Å². The fraction of sp³-hybridized carbons (Fsp3) is 0.118. The molecule has 0 aliphatic carbocycles. The quantitative estimate of drug-likeness (QED) is 0.682. The summed E-state index contributed by atoms with van der Waals surface area (Å²) in [5.41, 5.74) is 0.858. The van der Waals surface area contributed by atoms with E-state index in [9.17, 15) is 9.90 Å². The second-order valence-corrected chi connectivity index (χ2v) is 4.84. The lowest BCUT2D eigenvalue weighted by Crippen LogP contribution is -2.43. The van der Waals surface area contributed by atoms with Gasteiger partial charge in [-0.2, -0.15) is 9.66 Å². The molecule has 0 amide bonds. The van der Waals surface area contributed by atoms with Crippen molar-refractivity contribution >= 4 is 5.65 Å². The number of nitrogens with zero attached hydrogens (tertiary/aromatic N) is 3. The summed E-state index contributed by atoms with van der Waals surface area (Å²) in [6.07, 6.45) is 1.84. The minimum atomic E-state index is -0.363. The number of nitriles is 1. The molecule has 2 aromatic heterocycles. The van der Waals surface area contributed by atoms with E-state index in [1.165, 1.54) is 8.97 Å². The third-order valence-electron chi connectivity index (χ3n) is 3.52. The van der Waals surface area contributed by atoms with Crippen LogP contribution in [0.1, 0.15) is 6.42 Å². The molecule has 0 aliphatic rings. The highest BCUT2D eigenvalue weighted by Crippen LogP contribution is 2.20. The highest BCUT2D eigenvalue weighted by molar-refractivity contribution is 5.66. The van der Waals surface area contributed by atoms with Crippen LogP contribution in [-0.2, 0) is 6.54 Å². The van der Waals surface area contributed by atoms with Crippen LogP contribution in [0, 0.1) is 11.3 Å². The lowest BCUT2D eigenvalue weighted by molar-refractivity contribution is -0.714. The average molecular weight is 291 g/mol. The van der Waals surface area contributed by atoms with Gasteiger partial charge in [-0.05, 0) is 11.6 Å². The van der Waals surface area contributed by atoms with Crippen LogP contribution in [0.15, 0.2) is 59.5 Å². The van der Waals surface area contributed by atoms with Crippen molar-refractivity contribution < 1.29 is 9.67 Å². The SMILES string of the molecule is N#CCC[n+]1c([O-])c(-c2ccccc2)c(=O)n2ccccc21. The molecule has 5 nitrogen and oxygen atoms in total. The second-order valence-electron chi connectivity index (χ2n) is 4.84. The van der Waals surface area contributed by atoms with Gasteiger partial charge in [0.15, 0.2) is 0 Å². The Morgan fingerprint density at radius 3 is 2.59 bits per heavy atom. The highest BCUT2D eigenvalue weighted by atomic mass is 16.3. The Morgan fingerprint density at radius 1 is 1.14 bits per heavy atom. The number of rotatable bonds is 3. The Morgan fingerprint density at radius 2 is 1.86 bits per heavy atom. The van der Waals surface area contributed by atoms with E-state index in [0.29, 0.717) is 11.2 Å². The minimum absolute atomic E-state index is 0.127. The van der Waals surface area contributed by atoms with Gasteiger partial charge in [0.25, 0.3) is 5.65 Å². The monoisotopic (exact) mass is 291 g/mol. The minimum Gasteiger partial charge on any atom is -0.842 e. The largest absolute Gasteiger partial charge is 0.842 e. The van der Waals surface area contributed by atoms with Crippen LogP contribution in [-0.4, -0.2) is 4.40 Å². The number of hydrogen-bond acceptors (Lipinski definition) is 3. The molecule has 1 aromatic carbocycles. The van der Waals surface area contributed by atoms with Gasteiger partial charge in [0, 0.05) is 6.07 Å². The van der Waals surface area contributed by atoms with Gasteiger partial charge in [-0.3, -0.25) is 0 Å². The smallest absolute Gasteiger partial charge is 0.349 e. The zero-order chi connectivity index (χ0) is 15.5. The zero-order valence-electron chi connectivity index (χ0n) is 11.8. The summed E-state index contributed by atoms with van der Waals surface area (Å²) < 4.78 is 2.92. The van der Waals surface area contributed by atoms with Crippen molar-refractivity contribution in [2.45, 2.75) is 13.0 Å². The van der Waals surface area contributed by atoms with E-state index in [1.807, 2.05) is 12.1 Å². The molecular weight excluding hydrogens is 278 g/mol. The number of pyridine rings is 1. The van der Waals surface area contributed by atoms with Crippen LogP contribution < -0.4 is 15.2 Å². The standard InChI is InChI=1S/C17H13N3O2/c18-10-6-12-20-14-9-4-5-11-19(14)16(21)15(17(20)22)13-7-2-1-3-8-13/h1-5,7-9,11H,6,12H2. The molecule has 0 atom stereocenters. The third-order valence-corrected chi connectivity index (χ3v) is 3.52. The Kier molecular flexibility index (Phi) is 3.58. The molecule has 0 radical (unpaired) electrons. The molecule has 0 saturated heterocycles. The molecule has 3 rings (SSSR count). The lowest BCUT2D eigenvalue weighted by Gasteiger charge is -2.16. The van der Waals surface area contributed by atoms with E-state index in [0.717, 1.165) is 0 Å². The molecule has 108 valence electrons. The van der Waals surface area contributed by atoms with E-state index >= 15 is 0 Å². The molecule has 0 spiro atoms. The van der Waals surface area contributed by atoms with Gasteiger partial charge in [-0.15, -0.1) is 0 Å². The fourth-order valence-corrected chi connectivity index (χ4v) is 2.51. The molecule has 5 heteroatoms. The first kappa shape index (κ1) is 13.8. The molecular formula is C17H13N3O2. The normalized spacial score (nSPS) is 10.5. The third kappa shape index (κ3) is 2.21. The maximum absolute atomic E-state index is 12.8. The van der Waals surface area contributed by atoms with Gasteiger partial charge >= 0.3 is 5.56 Å². The number of hydrogen-bond donors (Lipinski definition) is 0. The number of aromatic nitrogens is 2. The van der Waals surface area contributed by atoms with Crippen LogP contribution in [0.2, 0.25) is 0 Å². The molecule has 0 unspecified atom stereocenters. The predicted molar refractivity (Wildman–Crippen MR) is 79.0 cm³/mol. The van der Waals surface area contributed by atoms with Crippen LogP contribution >= 0.6 is 0 Å². The van der Waals surface area contributed by atoms with Crippen LogP contribution in [0.5, 0.6) is 5.88 Å². The van der Waals surface area contributed by atoms with E-state index in [2.05, 4.69) is 0 Å². The Bertz CT molecular complexity index is 924. The number of fused-ring (bicyclic) bond motifs is 1. The van der Waals surface area contributed by atoms with Crippen molar-refractivity contribution in [3.63, 3.8) is 0 Å². The van der Waals surface area contributed by atoms with Crippen molar-refractivity contribution in [2.75, 3.05) is 0 Å². The van der Waals surface area contributed by atoms with Gasteiger partial charge < -0.3 is 5.11 Å². The lowest BCUT2D eigenvalue weighted by atomic mass is 10.1. The Labute approximate surface area is 126 Å². The van der Waals surface area contributed by atoms with Crippen LogP contribution in [0.25, 0.3) is 16.8 Å². The summed E-state index contributed by atoms with van der Waals surface area (Å²) in [5, 5.41) is 21.5. The summed E-state index contributed by atoms with van der Waals surface area (Å²) in [5.74, 6) is -0.363. The highest BCUT2D eigenvalue weighted by Gasteiger charge is 2.19. The molecule has 2 heterocycles. The van der Waals surface area contributed by atoms with Crippen molar-refractivity contribution in [3.05, 3.63) is 65.1 Å². The molecule has 0 saturated carbocycles. The van der Waals surface area contributed by atoms with Crippen LogP contribution in [0.3, 0.4) is 0 Å². The Hall–Kier alpha value is -3.13. The van der Waals surface area contributed by atoms with Crippen molar-refractivity contribution in [1.29, 1.82) is 5.26 Å². The fourth-order valence-electron chi connectivity index (χ4n) is 2.51. The predicted octanol–water partition coefficient (Wildman–Crippen LogP) is 1.24. The van der Waals surface area contributed by atoms with Crippen LogP contribution in [0.4, 0.5) is 0 Å². The first-order valence-electron chi connectivity index (χ1n) is 6.90. The summed E-state index contributed by atoms with van der Waals surface area (Å²) in [6.45, 7) is 0.253. The molecule has 0 aliphatic heterocycles. The number of aryl methyl sites for hydroxylation is 1. The molecule has 22 heavy (non-hydrogen) atoms. The Balaban J connectivity index is 2.39. The van der Waals surface area contributed by atoms with Gasteiger partial charge in [-0.25, -0.2) is 9.36 Å². The first-order chi connectivity index (χ1) is 10.7. The zero-order valence-corrected chi connectivity index (χ0v) is 11.8. The second kappa shape index (κ2) is 5.70. The molecule has 0 fully saturated rings. The van der Waals surface area contributed by atoms with E-state index < -0.39 is 0 Å². The van der Waals surface area contributed by atoms with Gasteiger partial charge in [0.1, 0.15) is 12.1 Å². The summed E-state index contributed by atoms with van der Waals surface area (Å²) in [7, 11) is 0. The summed E-state index contributed by atoms with van der Waals surface area (Å²) in [4.78, 5) is 12.7. The number of benzene rings is 1. The average Bonchev–Trinajstić information content (AvgIpc) is 2.56. The van der Waals surface area contributed by atoms with E-state index in [1.54, 1.807) is 48.7 Å². The summed E-state index contributed by atoms with van der Waals surface area (Å²) >= 11 is 0. The first-order valence-corrected chi connectivity index (χ1v) is 6.90. The van der Waals surface area contributed by atoms with Crippen molar-refractivity contribution in [1.82, 2.24) is 4.40 Å². The van der Waals surface area contributed by atoms with Crippen molar-refractivity contribution in [2.24, 2.45) is 0 Å². The molecule has 0 bridgehead atoms. The van der Waals surface area contributed by atoms with Crippen molar-refractivity contribution in [3.8, 4) is 23.1 Å². The van der Waals surface area contributed by atoms with Gasteiger partial charge in [-0.1, -0.05) is 36.4 Å². The maximum Gasteiger partial charge on any atom is 0.349 e. The van der Waals surface area contributed by atoms with E-state index in [-0.39, 0.29) is 30.0 Å². The van der Waals surface area contributed by atoms with Gasteiger partial charge in [0.05, 0.1) is 24.6 Å².